The number of pyridine rings is 2. The van der Waals surface area contributed by atoms with Crippen LogP contribution in [0.15, 0.2) is 42.9 Å². The average Bonchev–Trinajstić information content (AvgIpc) is 3.10. The minimum absolute atomic E-state index is 0.0439. The monoisotopic (exact) mass is 369 g/mol. The Bertz CT molecular complexity index is 976. The first-order valence-electron chi connectivity index (χ1n) is 8.40. The second kappa shape index (κ2) is 7.91. The van der Waals surface area contributed by atoms with E-state index < -0.39 is 5.92 Å². The van der Waals surface area contributed by atoms with Crippen molar-refractivity contribution < 1.29 is 13.6 Å². The molecule has 0 aromatic carbocycles. The van der Waals surface area contributed by atoms with Crippen molar-refractivity contribution in [3.8, 4) is 17.3 Å². The molecule has 0 aliphatic carbocycles. The first-order chi connectivity index (χ1) is 13.0. The van der Waals surface area contributed by atoms with Crippen molar-refractivity contribution in [2.75, 3.05) is 6.54 Å². The SMILES string of the molecule is N#Cc1ccc(-c2cnc3cc(CCC(F)(F)CCNC=O)ccn23)cn1. The number of nitrogens with one attached hydrogen (secondary N) is 1. The molecule has 3 heterocycles. The second-order valence-electron chi connectivity index (χ2n) is 6.13. The van der Waals surface area contributed by atoms with Gasteiger partial charge in [-0.2, -0.15) is 5.26 Å². The number of nitrogens with zero attached hydrogens (tertiary/aromatic N) is 4. The largest absolute Gasteiger partial charge is 0.358 e. The van der Waals surface area contributed by atoms with E-state index in [0.717, 1.165) is 16.8 Å². The number of imidazole rings is 1. The number of aryl methyl sites for hydroxylation is 1. The fourth-order valence-electron chi connectivity index (χ4n) is 2.77. The van der Waals surface area contributed by atoms with Gasteiger partial charge in [-0.15, -0.1) is 0 Å². The Morgan fingerprint density at radius 1 is 1.22 bits per heavy atom. The molecule has 1 amide bonds. The van der Waals surface area contributed by atoms with Crippen LogP contribution in [-0.2, 0) is 11.2 Å². The quantitative estimate of drug-likeness (QED) is 0.489. The smallest absolute Gasteiger partial charge is 0.250 e. The summed E-state index contributed by atoms with van der Waals surface area (Å²) in [7, 11) is 0. The normalized spacial score (nSPS) is 11.3. The maximum absolute atomic E-state index is 13.8. The lowest BCUT2D eigenvalue weighted by Gasteiger charge is -2.16. The Morgan fingerprint density at radius 3 is 2.78 bits per heavy atom. The highest BCUT2D eigenvalue weighted by Gasteiger charge is 2.27. The van der Waals surface area contributed by atoms with Crippen molar-refractivity contribution in [2.24, 2.45) is 0 Å². The Morgan fingerprint density at radius 2 is 2.07 bits per heavy atom. The van der Waals surface area contributed by atoms with Gasteiger partial charge in [-0.3, -0.25) is 9.20 Å². The lowest BCUT2D eigenvalue weighted by atomic mass is 10.0. The fraction of sp³-hybridized carbons (Fsp3) is 0.263. The molecule has 8 heteroatoms. The van der Waals surface area contributed by atoms with Crippen molar-refractivity contribution in [2.45, 2.75) is 25.2 Å². The molecule has 3 aromatic rings. The third-order valence-electron chi connectivity index (χ3n) is 4.25. The van der Waals surface area contributed by atoms with E-state index in [1.165, 1.54) is 0 Å². The number of aromatic nitrogens is 3. The van der Waals surface area contributed by atoms with Crippen LogP contribution in [-0.4, -0.2) is 33.2 Å². The van der Waals surface area contributed by atoms with Crippen molar-refractivity contribution in [1.82, 2.24) is 19.7 Å². The number of rotatable bonds is 8. The predicted molar refractivity (Wildman–Crippen MR) is 95.1 cm³/mol. The zero-order valence-electron chi connectivity index (χ0n) is 14.4. The van der Waals surface area contributed by atoms with Crippen LogP contribution >= 0.6 is 0 Å². The Kier molecular flexibility index (Phi) is 5.41. The van der Waals surface area contributed by atoms with Gasteiger partial charge in [0.25, 0.3) is 0 Å². The van der Waals surface area contributed by atoms with Gasteiger partial charge in [-0.25, -0.2) is 18.7 Å². The number of carbonyl (C=O) groups excluding carboxylic acids is 1. The minimum atomic E-state index is -2.84. The van der Waals surface area contributed by atoms with Crippen LogP contribution in [0.5, 0.6) is 0 Å². The van der Waals surface area contributed by atoms with Crippen LogP contribution in [0.25, 0.3) is 16.9 Å². The molecule has 0 aliphatic heterocycles. The third-order valence-corrected chi connectivity index (χ3v) is 4.25. The summed E-state index contributed by atoms with van der Waals surface area (Å²) in [6.07, 6.45) is 5.03. The van der Waals surface area contributed by atoms with Gasteiger partial charge in [0.1, 0.15) is 17.4 Å². The zero-order chi connectivity index (χ0) is 19.3. The highest BCUT2D eigenvalue weighted by molar-refractivity contribution is 5.63. The molecular formula is C19H17F2N5O. The summed E-state index contributed by atoms with van der Waals surface area (Å²) in [5.41, 5.74) is 3.36. The minimum Gasteiger partial charge on any atom is -0.358 e. The number of amides is 1. The lowest BCUT2D eigenvalue weighted by molar-refractivity contribution is -0.109. The highest BCUT2D eigenvalue weighted by atomic mass is 19.3. The van der Waals surface area contributed by atoms with E-state index in [-0.39, 0.29) is 25.8 Å². The Balaban J connectivity index is 1.73. The van der Waals surface area contributed by atoms with Gasteiger partial charge in [0.2, 0.25) is 12.3 Å². The summed E-state index contributed by atoms with van der Waals surface area (Å²) in [6, 6.07) is 8.95. The zero-order valence-corrected chi connectivity index (χ0v) is 14.4. The van der Waals surface area contributed by atoms with Crippen LogP contribution in [0.1, 0.15) is 24.1 Å². The first kappa shape index (κ1) is 18.5. The highest BCUT2D eigenvalue weighted by Crippen LogP contribution is 2.26. The summed E-state index contributed by atoms with van der Waals surface area (Å²) in [5, 5.41) is 11.1. The van der Waals surface area contributed by atoms with Crippen molar-refractivity contribution >= 4 is 12.1 Å². The molecule has 1 N–H and O–H groups in total. The number of hydrogen-bond acceptors (Lipinski definition) is 4. The second-order valence-corrected chi connectivity index (χ2v) is 6.13. The third kappa shape index (κ3) is 4.44. The van der Waals surface area contributed by atoms with Crippen LogP contribution in [0, 0.1) is 11.3 Å². The molecule has 0 spiro atoms. The summed E-state index contributed by atoms with van der Waals surface area (Å²) in [4.78, 5) is 18.5. The van der Waals surface area contributed by atoms with E-state index in [9.17, 15) is 13.6 Å². The van der Waals surface area contributed by atoms with Gasteiger partial charge < -0.3 is 5.32 Å². The van der Waals surface area contributed by atoms with E-state index in [1.807, 2.05) is 10.5 Å². The van der Waals surface area contributed by atoms with Crippen LogP contribution < -0.4 is 5.32 Å². The Hall–Kier alpha value is -3.34. The molecule has 0 radical (unpaired) electrons. The molecule has 0 saturated carbocycles. The van der Waals surface area contributed by atoms with Gasteiger partial charge in [0.15, 0.2) is 0 Å². The van der Waals surface area contributed by atoms with E-state index in [4.69, 9.17) is 5.26 Å². The number of hydrogen-bond donors (Lipinski definition) is 1. The van der Waals surface area contributed by atoms with Crippen LogP contribution in [0.2, 0.25) is 0 Å². The van der Waals surface area contributed by atoms with E-state index >= 15 is 0 Å². The molecule has 0 saturated heterocycles. The van der Waals surface area contributed by atoms with Gasteiger partial charge >= 0.3 is 0 Å². The number of alkyl halides is 2. The molecule has 3 rings (SSSR count). The molecule has 0 fully saturated rings. The van der Waals surface area contributed by atoms with E-state index in [2.05, 4.69) is 15.3 Å². The molecule has 0 unspecified atom stereocenters. The summed E-state index contributed by atoms with van der Waals surface area (Å²) < 4.78 is 29.5. The van der Waals surface area contributed by atoms with Crippen LogP contribution in [0.3, 0.4) is 0 Å². The van der Waals surface area contributed by atoms with Crippen molar-refractivity contribution in [3.63, 3.8) is 0 Å². The maximum Gasteiger partial charge on any atom is 0.250 e. The topological polar surface area (TPSA) is 83.1 Å². The van der Waals surface area contributed by atoms with E-state index in [1.54, 1.807) is 42.9 Å². The molecule has 138 valence electrons. The van der Waals surface area contributed by atoms with Crippen molar-refractivity contribution in [3.05, 3.63) is 54.1 Å². The molecule has 0 atom stereocenters. The summed E-state index contributed by atoms with van der Waals surface area (Å²) in [6.45, 7) is -0.0439. The maximum atomic E-state index is 13.8. The lowest BCUT2D eigenvalue weighted by Crippen LogP contribution is -2.24. The summed E-state index contributed by atoms with van der Waals surface area (Å²) in [5.74, 6) is -2.84. The van der Waals surface area contributed by atoms with Gasteiger partial charge in [-0.1, -0.05) is 0 Å². The average molecular weight is 369 g/mol. The van der Waals surface area contributed by atoms with Gasteiger partial charge in [0.05, 0.1) is 11.9 Å². The molecule has 0 bridgehead atoms. The molecular weight excluding hydrogens is 352 g/mol. The van der Waals surface area contributed by atoms with Gasteiger partial charge in [0, 0.05) is 37.3 Å². The summed E-state index contributed by atoms with van der Waals surface area (Å²) >= 11 is 0. The predicted octanol–water partition coefficient (Wildman–Crippen LogP) is 2.97. The molecule has 27 heavy (non-hydrogen) atoms. The van der Waals surface area contributed by atoms with Gasteiger partial charge in [-0.05, 0) is 36.2 Å². The number of carbonyl (C=O) groups is 1. The molecule has 3 aromatic heterocycles. The van der Waals surface area contributed by atoms with E-state index in [0.29, 0.717) is 17.8 Å². The number of nitriles is 1. The first-order valence-corrected chi connectivity index (χ1v) is 8.40. The number of halogens is 2. The molecule has 6 nitrogen and oxygen atoms in total. The standard InChI is InChI=1S/C19H17F2N5O/c20-19(21,6-7-23-13-27)5-3-14-4-8-26-17(12-25-18(26)9-14)15-1-2-16(10-22)24-11-15/h1-2,4,8-9,11-13H,3,5-7H2,(H,23,27). The molecule has 0 aliphatic rings. The fourth-order valence-corrected chi connectivity index (χ4v) is 2.77. The number of fused-ring (bicyclic) bond motifs is 1. The Labute approximate surface area is 154 Å². The van der Waals surface area contributed by atoms with Crippen LogP contribution in [0.4, 0.5) is 8.78 Å². The van der Waals surface area contributed by atoms with Crippen molar-refractivity contribution in [1.29, 1.82) is 5.26 Å².